The lowest BCUT2D eigenvalue weighted by atomic mass is 9.49. The Balaban J connectivity index is 1.52. The van der Waals surface area contributed by atoms with Crippen LogP contribution in [0.25, 0.3) is 0 Å². The van der Waals surface area contributed by atoms with E-state index in [-0.39, 0.29) is 0 Å². The van der Waals surface area contributed by atoms with Crippen LogP contribution in [0.15, 0.2) is 11.6 Å². The Hall–Kier alpha value is -0.870. The lowest BCUT2D eigenvalue weighted by molar-refractivity contribution is -0.131. The fraction of sp³-hybridized carbons (Fsp3) is 0.850. The van der Waals surface area contributed by atoms with Crippen molar-refractivity contribution in [2.24, 2.45) is 17.3 Å². The standard InChI is InChI=1S/C20H34N2O2/c1-4-19(23)22(9-5-8-21-10-12-24-13-11-21)15-16-6-7-17-14-18(16)20(17,2)3/h6,17-18H,4-5,7-15H2,1-3H3. The number of morpholine rings is 1. The number of amides is 1. The van der Waals surface area contributed by atoms with E-state index in [4.69, 9.17) is 4.74 Å². The van der Waals surface area contributed by atoms with E-state index in [0.29, 0.717) is 23.7 Å². The lowest BCUT2D eigenvalue weighted by Crippen LogP contribution is -2.50. The number of carbonyl (C=O) groups excluding carboxylic acids is 1. The van der Waals surface area contributed by atoms with E-state index in [9.17, 15) is 4.79 Å². The minimum atomic E-state index is 0.303. The number of fused-ring (bicyclic) bond motifs is 1. The zero-order valence-corrected chi connectivity index (χ0v) is 15.7. The molecule has 1 heterocycles. The van der Waals surface area contributed by atoms with Gasteiger partial charge in [0.15, 0.2) is 0 Å². The molecule has 0 aromatic heterocycles. The second-order valence-corrected chi connectivity index (χ2v) is 8.30. The minimum Gasteiger partial charge on any atom is -0.379 e. The van der Waals surface area contributed by atoms with Gasteiger partial charge >= 0.3 is 0 Å². The van der Waals surface area contributed by atoms with Crippen LogP contribution < -0.4 is 0 Å². The Kier molecular flexibility index (Phi) is 5.66. The van der Waals surface area contributed by atoms with Crippen LogP contribution in [0, 0.1) is 17.3 Å². The minimum absolute atomic E-state index is 0.303. The van der Waals surface area contributed by atoms with Gasteiger partial charge in [-0.2, -0.15) is 0 Å². The molecule has 0 radical (unpaired) electrons. The van der Waals surface area contributed by atoms with Crippen molar-refractivity contribution in [3.05, 3.63) is 11.6 Å². The molecule has 4 rings (SSSR count). The molecule has 0 N–H and O–H groups in total. The molecule has 4 aliphatic rings. The average molecular weight is 335 g/mol. The first-order valence-corrected chi connectivity index (χ1v) is 9.79. The van der Waals surface area contributed by atoms with Crippen LogP contribution in [-0.4, -0.2) is 61.6 Å². The normalized spacial score (nSPS) is 28.9. The Labute approximate surface area is 147 Å². The second-order valence-electron chi connectivity index (χ2n) is 8.30. The van der Waals surface area contributed by atoms with E-state index in [1.165, 1.54) is 18.4 Å². The summed E-state index contributed by atoms with van der Waals surface area (Å²) in [6, 6.07) is 0. The first-order chi connectivity index (χ1) is 11.5. The van der Waals surface area contributed by atoms with E-state index < -0.39 is 0 Å². The molecule has 136 valence electrons. The molecule has 3 aliphatic carbocycles. The molecule has 24 heavy (non-hydrogen) atoms. The second kappa shape index (κ2) is 7.57. The summed E-state index contributed by atoms with van der Waals surface area (Å²) in [5.41, 5.74) is 1.97. The third-order valence-electron chi connectivity index (χ3n) is 6.62. The number of nitrogens with zero attached hydrogens (tertiary/aromatic N) is 2. The Bertz CT molecular complexity index is 480. The maximum absolute atomic E-state index is 12.4. The van der Waals surface area contributed by atoms with Gasteiger partial charge in [0.25, 0.3) is 0 Å². The molecule has 0 spiro atoms. The number of hydrogen-bond acceptors (Lipinski definition) is 3. The number of carbonyl (C=O) groups is 1. The van der Waals surface area contributed by atoms with Crippen molar-refractivity contribution in [3.63, 3.8) is 0 Å². The third-order valence-corrected chi connectivity index (χ3v) is 6.62. The molecule has 1 amide bonds. The van der Waals surface area contributed by atoms with Crippen molar-refractivity contribution in [1.82, 2.24) is 9.80 Å². The molecule has 2 atom stereocenters. The Morgan fingerprint density at radius 2 is 2.12 bits per heavy atom. The summed E-state index contributed by atoms with van der Waals surface area (Å²) in [7, 11) is 0. The van der Waals surface area contributed by atoms with Gasteiger partial charge in [-0.15, -0.1) is 0 Å². The van der Waals surface area contributed by atoms with Crippen LogP contribution in [-0.2, 0) is 9.53 Å². The summed E-state index contributed by atoms with van der Waals surface area (Å²) >= 11 is 0. The molecule has 4 nitrogen and oxygen atoms in total. The van der Waals surface area contributed by atoms with E-state index in [1.54, 1.807) is 0 Å². The SMILES string of the molecule is CCC(=O)N(CCCN1CCOCC1)CC1=CCC2CC1C2(C)C. The van der Waals surface area contributed by atoms with E-state index >= 15 is 0 Å². The van der Waals surface area contributed by atoms with Gasteiger partial charge in [-0.05, 0) is 36.5 Å². The molecule has 2 unspecified atom stereocenters. The largest absolute Gasteiger partial charge is 0.379 e. The lowest BCUT2D eigenvalue weighted by Gasteiger charge is -2.57. The predicted octanol–water partition coefficient (Wildman–Crippen LogP) is 2.94. The molecule has 1 saturated heterocycles. The molecule has 0 aromatic rings. The van der Waals surface area contributed by atoms with Crippen molar-refractivity contribution in [3.8, 4) is 0 Å². The summed E-state index contributed by atoms with van der Waals surface area (Å²) in [4.78, 5) is 17.0. The van der Waals surface area contributed by atoms with Crippen LogP contribution >= 0.6 is 0 Å². The summed E-state index contributed by atoms with van der Waals surface area (Å²) in [6.07, 6.45) is 6.65. The fourth-order valence-corrected chi connectivity index (χ4v) is 4.70. The molecule has 0 aromatic carbocycles. The Morgan fingerprint density at radius 3 is 2.75 bits per heavy atom. The fourth-order valence-electron chi connectivity index (χ4n) is 4.70. The van der Waals surface area contributed by atoms with Gasteiger partial charge in [0.2, 0.25) is 5.91 Å². The van der Waals surface area contributed by atoms with Crippen molar-refractivity contribution in [2.75, 3.05) is 45.9 Å². The quantitative estimate of drug-likeness (QED) is 0.671. The van der Waals surface area contributed by atoms with Gasteiger partial charge in [0, 0.05) is 39.1 Å². The molecular formula is C20H34N2O2. The summed E-state index contributed by atoms with van der Waals surface area (Å²) in [5.74, 6) is 1.86. The van der Waals surface area contributed by atoms with Gasteiger partial charge < -0.3 is 9.64 Å². The number of ether oxygens (including phenoxy) is 1. The number of allylic oxidation sites excluding steroid dienone is 1. The Morgan fingerprint density at radius 1 is 1.38 bits per heavy atom. The molecule has 4 heteroatoms. The molecule has 2 bridgehead atoms. The van der Waals surface area contributed by atoms with Gasteiger partial charge in [-0.25, -0.2) is 0 Å². The van der Waals surface area contributed by atoms with Gasteiger partial charge in [-0.1, -0.05) is 32.4 Å². The third kappa shape index (κ3) is 3.70. The monoisotopic (exact) mass is 334 g/mol. The zero-order chi connectivity index (χ0) is 17.2. The van der Waals surface area contributed by atoms with E-state index in [2.05, 4.69) is 29.7 Å². The number of rotatable bonds is 7. The molecule has 1 saturated carbocycles. The van der Waals surface area contributed by atoms with Crippen molar-refractivity contribution < 1.29 is 9.53 Å². The molecule has 2 fully saturated rings. The average Bonchev–Trinajstić information content (AvgIpc) is 2.61. The topological polar surface area (TPSA) is 32.8 Å². The molecule has 1 aliphatic heterocycles. The predicted molar refractivity (Wildman–Crippen MR) is 96.8 cm³/mol. The van der Waals surface area contributed by atoms with Gasteiger partial charge in [0.1, 0.15) is 0 Å². The van der Waals surface area contributed by atoms with Crippen LogP contribution in [0.3, 0.4) is 0 Å². The first-order valence-electron chi connectivity index (χ1n) is 9.79. The van der Waals surface area contributed by atoms with Gasteiger partial charge in [-0.3, -0.25) is 9.69 Å². The summed E-state index contributed by atoms with van der Waals surface area (Å²) in [5, 5.41) is 0. The van der Waals surface area contributed by atoms with Gasteiger partial charge in [0.05, 0.1) is 13.2 Å². The van der Waals surface area contributed by atoms with Crippen molar-refractivity contribution in [2.45, 2.75) is 46.5 Å². The smallest absolute Gasteiger partial charge is 0.222 e. The maximum Gasteiger partial charge on any atom is 0.222 e. The summed E-state index contributed by atoms with van der Waals surface area (Å²) < 4.78 is 5.41. The zero-order valence-electron chi connectivity index (χ0n) is 15.7. The van der Waals surface area contributed by atoms with E-state index in [0.717, 1.165) is 58.3 Å². The summed E-state index contributed by atoms with van der Waals surface area (Å²) in [6.45, 7) is 13.4. The number of hydrogen-bond donors (Lipinski definition) is 0. The highest BCUT2D eigenvalue weighted by Gasteiger charge is 2.51. The van der Waals surface area contributed by atoms with E-state index in [1.807, 2.05) is 6.92 Å². The van der Waals surface area contributed by atoms with Crippen LogP contribution in [0.5, 0.6) is 0 Å². The molecular weight excluding hydrogens is 300 g/mol. The van der Waals surface area contributed by atoms with Crippen LogP contribution in [0.1, 0.15) is 46.5 Å². The van der Waals surface area contributed by atoms with Crippen LogP contribution in [0.4, 0.5) is 0 Å². The highest BCUT2D eigenvalue weighted by molar-refractivity contribution is 5.76. The highest BCUT2D eigenvalue weighted by Crippen LogP contribution is 2.59. The maximum atomic E-state index is 12.4. The van der Waals surface area contributed by atoms with Crippen LogP contribution in [0.2, 0.25) is 0 Å². The van der Waals surface area contributed by atoms with Crippen molar-refractivity contribution >= 4 is 5.91 Å². The first kappa shape index (κ1) is 17.9. The van der Waals surface area contributed by atoms with Crippen molar-refractivity contribution in [1.29, 1.82) is 0 Å². The highest BCUT2D eigenvalue weighted by atomic mass is 16.5.